The molecule has 0 aliphatic carbocycles. The van der Waals surface area contributed by atoms with Crippen LogP contribution in [0.5, 0.6) is 0 Å². The minimum Gasteiger partial charge on any atom is -0.393 e. The van der Waals surface area contributed by atoms with Gasteiger partial charge < -0.3 is 10.4 Å². The fourth-order valence-corrected chi connectivity index (χ4v) is 2.11. The lowest BCUT2D eigenvalue weighted by Gasteiger charge is -2.10. The van der Waals surface area contributed by atoms with Crippen LogP contribution in [0.3, 0.4) is 0 Å². The molecule has 0 aliphatic rings. The first-order valence-corrected chi connectivity index (χ1v) is 7.28. The van der Waals surface area contributed by atoms with Gasteiger partial charge in [0.05, 0.1) is 6.10 Å². The first-order valence-electron chi connectivity index (χ1n) is 7.28. The molecule has 1 unspecified atom stereocenters. The molecule has 0 radical (unpaired) electrons. The number of benzene rings is 1. The molecular weight excluding hydrogens is 267 g/mol. The van der Waals surface area contributed by atoms with E-state index < -0.39 is 0 Å². The summed E-state index contributed by atoms with van der Waals surface area (Å²) in [6, 6.07) is 8.98. The molecule has 0 fully saturated rings. The highest BCUT2D eigenvalue weighted by atomic mass is 19.1. The fourth-order valence-electron chi connectivity index (χ4n) is 2.11. The molecule has 0 spiro atoms. The van der Waals surface area contributed by atoms with E-state index in [0.29, 0.717) is 25.1 Å². The second-order valence-electron chi connectivity index (χ2n) is 5.07. The smallest absolute Gasteiger partial charge is 0.128 e. The molecular formula is C17H21FN2O. The van der Waals surface area contributed by atoms with Crippen molar-refractivity contribution in [3.05, 3.63) is 54.1 Å². The van der Waals surface area contributed by atoms with E-state index in [-0.39, 0.29) is 11.9 Å². The Morgan fingerprint density at radius 3 is 2.62 bits per heavy atom. The van der Waals surface area contributed by atoms with Crippen LogP contribution in [0.25, 0.3) is 11.1 Å². The number of hydrogen-bond donors (Lipinski definition) is 2. The Bertz CT molecular complexity index is 560. The fraction of sp³-hybridized carbons (Fsp3) is 0.353. The van der Waals surface area contributed by atoms with Gasteiger partial charge in [-0.25, -0.2) is 4.39 Å². The predicted molar refractivity (Wildman–Crippen MR) is 82.3 cm³/mol. The van der Waals surface area contributed by atoms with Gasteiger partial charge in [-0.2, -0.15) is 0 Å². The Morgan fingerprint density at radius 1 is 1.19 bits per heavy atom. The van der Waals surface area contributed by atoms with Crippen LogP contribution in [-0.2, 0) is 6.54 Å². The third kappa shape index (κ3) is 4.62. The zero-order valence-corrected chi connectivity index (χ0v) is 12.2. The van der Waals surface area contributed by atoms with Crippen molar-refractivity contribution in [2.45, 2.75) is 32.4 Å². The summed E-state index contributed by atoms with van der Waals surface area (Å²) in [7, 11) is 0. The van der Waals surface area contributed by atoms with E-state index in [0.717, 1.165) is 17.5 Å². The molecule has 1 heterocycles. The molecule has 0 amide bonds. The van der Waals surface area contributed by atoms with Crippen LogP contribution in [0.15, 0.2) is 42.7 Å². The number of rotatable bonds is 7. The van der Waals surface area contributed by atoms with Crippen molar-refractivity contribution >= 4 is 0 Å². The van der Waals surface area contributed by atoms with Gasteiger partial charge in [-0.1, -0.05) is 19.1 Å². The maximum absolute atomic E-state index is 14.1. The molecule has 0 aliphatic heterocycles. The summed E-state index contributed by atoms with van der Waals surface area (Å²) in [6.07, 6.45) is 4.55. The highest BCUT2D eigenvalue weighted by molar-refractivity contribution is 5.63. The third-order valence-electron chi connectivity index (χ3n) is 3.51. The van der Waals surface area contributed by atoms with Crippen LogP contribution in [0.4, 0.5) is 4.39 Å². The zero-order valence-electron chi connectivity index (χ0n) is 12.2. The SMILES string of the molecule is CCC(O)CCNCc1ccc(-c2ccncc2)cc1F. The highest BCUT2D eigenvalue weighted by Crippen LogP contribution is 2.21. The zero-order chi connectivity index (χ0) is 15.1. The quantitative estimate of drug-likeness (QED) is 0.769. The molecule has 4 heteroatoms. The predicted octanol–water partition coefficient (Wildman–Crippen LogP) is 3.14. The summed E-state index contributed by atoms with van der Waals surface area (Å²) in [5.41, 5.74) is 2.44. The van der Waals surface area contributed by atoms with Crippen molar-refractivity contribution in [3.8, 4) is 11.1 Å². The second-order valence-corrected chi connectivity index (χ2v) is 5.07. The maximum Gasteiger partial charge on any atom is 0.128 e. The Balaban J connectivity index is 1.94. The number of aromatic nitrogens is 1. The lowest BCUT2D eigenvalue weighted by atomic mass is 10.0. The molecule has 1 aromatic carbocycles. The van der Waals surface area contributed by atoms with E-state index in [9.17, 15) is 9.50 Å². The molecule has 0 saturated heterocycles. The van der Waals surface area contributed by atoms with Crippen molar-refractivity contribution in [2.75, 3.05) is 6.54 Å². The van der Waals surface area contributed by atoms with Crippen molar-refractivity contribution in [2.24, 2.45) is 0 Å². The molecule has 21 heavy (non-hydrogen) atoms. The Labute approximate surface area is 124 Å². The summed E-state index contributed by atoms with van der Waals surface area (Å²) in [6.45, 7) is 3.10. The summed E-state index contributed by atoms with van der Waals surface area (Å²) in [5.74, 6) is -0.215. The van der Waals surface area contributed by atoms with Crippen molar-refractivity contribution in [3.63, 3.8) is 0 Å². The van der Waals surface area contributed by atoms with Crippen LogP contribution in [0.2, 0.25) is 0 Å². The topological polar surface area (TPSA) is 45.1 Å². The normalized spacial score (nSPS) is 12.3. The van der Waals surface area contributed by atoms with Gasteiger partial charge in [0.2, 0.25) is 0 Å². The molecule has 1 aromatic heterocycles. The summed E-state index contributed by atoms with van der Waals surface area (Å²) < 4.78 is 14.1. The monoisotopic (exact) mass is 288 g/mol. The van der Waals surface area contributed by atoms with Crippen LogP contribution in [-0.4, -0.2) is 22.7 Å². The number of halogens is 1. The number of nitrogens with one attached hydrogen (secondary N) is 1. The van der Waals surface area contributed by atoms with Gasteiger partial charge in [-0.15, -0.1) is 0 Å². The van der Waals surface area contributed by atoms with Crippen molar-refractivity contribution in [1.82, 2.24) is 10.3 Å². The molecule has 3 nitrogen and oxygen atoms in total. The standard InChI is InChI=1S/C17H21FN2O/c1-2-16(21)7-10-20-12-15-4-3-14(11-17(15)18)13-5-8-19-9-6-13/h3-6,8-9,11,16,20-21H,2,7,10,12H2,1H3. The maximum atomic E-state index is 14.1. The van der Waals surface area contributed by atoms with Gasteiger partial charge in [-0.05, 0) is 48.7 Å². The highest BCUT2D eigenvalue weighted by Gasteiger charge is 2.05. The van der Waals surface area contributed by atoms with Crippen LogP contribution < -0.4 is 5.32 Å². The van der Waals surface area contributed by atoms with Gasteiger partial charge >= 0.3 is 0 Å². The number of pyridine rings is 1. The average molecular weight is 288 g/mol. The lowest BCUT2D eigenvalue weighted by Crippen LogP contribution is -2.20. The third-order valence-corrected chi connectivity index (χ3v) is 3.51. The van der Waals surface area contributed by atoms with Crippen LogP contribution >= 0.6 is 0 Å². The second kappa shape index (κ2) is 7.86. The van der Waals surface area contributed by atoms with Gasteiger partial charge in [0.15, 0.2) is 0 Å². The minimum atomic E-state index is -0.281. The average Bonchev–Trinajstić information content (AvgIpc) is 2.53. The molecule has 2 N–H and O–H groups in total. The van der Waals surface area contributed by atoms with E-state index in [4.69, 9.17) is 0 Å². The molecule has 0 bridgehead atoms. The molecule has 2 rings (SSSR count). The molecule has 1 atom stereocenters. The number of aliphatic hydroxyl groups excluding tert-OH is 1. The van der Waals surface area contributed by atoms with Gasteiger partial charge in [-0.3, -0.25) is 4.98 Å². The Hall–Kier alpha value is -1.78. The van der Waals surface area contributed by atoms with Crippen LogP contribution in [0.1, 0.15) is 25.3 Å². The van der Waals surface area contributed by atoms with E-state index in [1.807, 2.05) is 25.1 Å². The van der Waals surface area contributed by atoms with Gasteiger partial charge in [0, 0.05) is 24.5 Å². The van der Waals surface area contributed by atoms with Gasteiger partial charge in [0.25, 0.3) is 0 Å². The Kier molecular flexibility index (Phi) is 5.84. The number of aliphatic hydroxyl groups is 1. The molecule has 2 aromatic rings. The Morgan fingerprint density at radius 2 is 1.95 bits per heavy atom. The summed E-state index contributed by atoms with van der Waals surface area (Å²) >= 11 is 0. The number of hydrogen-bond acceptors (Lipinski definition) is 3. The van der Waals surface area contributed by atoms with Crippen LogP contribution in [0, 0.1) is 5.82 Å². The molecule has 0 saturated carbocycles. The number of nitrogens with zero attached hydrogens (tertiary/aromatic N) is 1. The minimum absolute atomic E-state index is 0.215. The summed E-state index contributed by atoms with van der Waals surface area (Å²) in [5, 5.41) is 12.6. The van der Waals surface area contributed by atoms with E-state index in [2.05, 4.69) is 10.3 Å². The largest absolute Gasteiger partial charge is 0.393 e. The molecule has 112 valence electrons. The first-order chi connectivity index (χ1) is 10.2. The van der Waals surface area contributed by atoms with Crippen molar-refractivity contribution in [1.29, 1.82) is 0 Å². The first kappa shape index (κ1) is 15.6. The lowest BCUT2D eigenvalue weighted by molar-refractivity contribution is 0.159. The summed E-state index contributed by atoms with van der Waals surface area (Å²) in [4.78, 5) is 3.96. The van der Waals surface area contributed by atoms with E-state index >= 15 is 0 Å². The van der Waals surface area contributed by atoms with E-state index in [1.165, 1.54) is 0 Å². The van der Waals surface area contributed by atoms with E-state index in [1.54, 1.807) is 24.5 Å². The van der Waals surface area contributed by atoms with Gasteiger partial charge in [0.1, 0.15) is 5.82 Å². The van der Waals surface area contributed by atoms with Crippen molar-refractivity contribution < 1.29 is 9.50 Å².